The molecule has 0 aliphatic heterocycles. The molecule has 1 aromatic heterocycles. The topological polar surface area (TPSA) is 82.6 Å². The Morgan fingerprint density at radius 3 is 2.41 bits per heavy atom. The standard InChI is InChI=1S/C11H21N3O3/c1-9(2)7-10-12-11(17-13-10)8-14(3-5-15)4-6-16/h9,15-16H,3-8H2,1-2H3. The van der Waals surface area contributed by atoms with Crippen LogP contribution in [0.3, 0.4) is 0 Å². The maximum absolute atomic E-state index is 8.88. The lowest BCUT2D eigenvalue weighted by Crippen LogP contribution is -2.29. The van der Waals surface area contributed by atoms with Gasteiger partial charge in [-0.25, -0.2) is 0 Å². The normalized spacial score (nSPS) is 11.6. The van der Waals surface area contributed by atoms with Crippen LogP contribution in [0.5, 0.6) is 0 Å². The minimum atomic E-state index is 0.0486. The highest BCUT2D eigenvalue weighted by Crippen LogP contribution is 2.06. The zero-order valence-corrected chi connectivity index (χ0v) is 10.5. The summed E-state index contributed by atoms with van der Waals surface area (Å²) < 4.78 is 5.12. The van der Waals surface area contributed by atoms with Gasteiger partial charge in [0.25, 0.3) is 0 Å². The van der Waals surface area contributed by atoms with Crippen LogP contribution in [0.1, 0.15) is 25.6 Å². The van der Waals surface area contributed by atoms with Crippen LogP contribution in [0.2, 0.25) is 0 Å². The van der Waals surface area contributed by atoms with Gasteiger partial charge in [0.1, 0.15) is 0 Å². The minimum Gasteiger partial charge on any atom is -0.395 e. The SMILES string of the molecule is CC(C)Cc1noc(CN(CCO)CCO)n1. The van der Waals surface area contributed by atoms with Gasteiger partial charge in [0, 0.05) is 19.5 Å². The average Bonchev–Trinajstić information content (AvgIpc) is 2.65. The van der Waals surface area contributed by atoms with Crippen molar-refractivity contribution in [2.75, 3.05) is 26.3 Å². The molecule has 0 fully saturated rings. The van der Waals surface area contributed by atoms with Gasteiger partial charge in [-0.2, -0.15) is 4.98 Å². The third-order valence-electron chi connectivity index (χ3n) is 2.29. The maximum atomic E-state index is 8.88. The van der Waals surface area contributed by atoms with E-state index < -0.39 is 0 Å². The van der Waals surface area contributed by atoms with E-state index >= 15 is 0 Å². The summed E-state index contributed by atoms with van der Waals surface area (Å²) in [6.45, 7) is 5.73. The molecule has 0 saturated heterocycles. The summed E-state index contributed by atoms with van der Waals surface area (Å²) in [5, 5.41) is 21.6. The number of nitrogens with zero attached hydrogens (tertiary/aromatic N) is 3. The number of hydrogen-bond donors (Lipinski definition) is 2. The van der Waals surface area contributed by atoms with Gasteiger partial charge in [0.05, 0.1) is 19.8 Å². The summed E-state index contributed by atoms with van der Waals surface area (Å²) in [5.74, 6) is 1.73. The highest BCUT2D eigenvalue weighted by atomic mass is 16.5. The molecule has 2 N–H and O–H groups in total. The quantitative estimate of drug-likeness (QED) is 0.671. The van der Waals surface area contributed by atoms with Crippen molar-refractivity contribution in [1.29, 1.82) is 0 Å². The van der Waals surface area contributed by atoms with Gasteiger partial charge in [0.2, 0.25) is 5.89 Å². The molecule has 0 aliphatic carbocycles. The van der Waals surface area contributed by atoms with E-state index in [4.69, 9.17) is 14.7 Å². The number of aliphatic hydroxyl groups excluding tert-OH is 2. The van der Waals surface area contributed by atoms with Crippen molar-refractivity contribution in [1.82, 2.24) is 15.0 Å². The first-order valence-electron chi connectivity index (χ1n) is 5.91. The molecule has 1 aromatic rings. The van der Waals surface area contributed by atoms with Gasteiger partial charge < -0.3 is 14.7 Å². The Kier molecular flexibility index (Phi) is 6.10. The summed E-state index contributed by atoms with van der Waals surface area (Å²) in [6, 6.07) is 0. The molecule has 1 rings (SSSR count). The smallest absolute Gasteiger partial charge is 0.240 e. The van der Waals surface area contributed by atoms with Crippen LogP contribution < -0.4 is 0 Å². The molecule has 0 atom stereocenters. The summed E-state index contributed by atoms with van der Waals surface area (Å²) in [7, 11) is 0. The molecular formula is C11H21N3O3. The fourth-order valence-electron chi connectivity index (χ4n) is 1.55. The lowest BCUT2D eigenvalue weighted by Gasteiger charge is -2.17. The molecule has 0 radical (unpaired) electrons. The van der Waals surface area contributed by atoms with Crippen LogP contribution in [0.25, 0.3) is 0 Å². The predicted molar refractivity (Wildman–Crippen MR) is 62.3 cm³/mol. The maximum Gasteiger partial charge on any atom is 0.240 e. The lowest BCUT2D eigenvalue weighted by atomic mass is 10.1. The van der Waals surface area contributed by atoms with Gasteiger partial charge in [-0.15, -0.1) is 0 Å². The van der Waals surface area contributed by atoms with E-state index in [-0.39, 0.29) is 13.2 Å². The fourth-order valence-corrected chi connectivity index (χ4v) is 1.55. The second-order valence-electron chi connectivity index (χ2n) is 4.43. The monoisotopic (exact) mass is 243 g/mol. The molecule has 0 unspecified atom stereocenters. The Morgan fingerprint density at radius 2 is 1.88 bits per heavy atom. The highest BCUT2D eigenvalue weighted by Gasteiger charge is 2.12. The molecule has 1 heterocycles. The second kappa shape index (κ2) is 7.37. The van der Waals surface area contributed by atoms with E-state index in [0.717, 1.165) is 6.42 Å². The second-order valence-corrected chi connectivity index (χ2v) is 4.43. The van der Waals surface area contributed by atoms with E-state index in [1.807, 2.05) is 4.90 Å². The van der Waals surface area contributed by atoms with Crippen LogP contribution in [0.15, 0.2) is 4.52 Å². The molecular weight excluding hydrogens is 222 g/mol. The molecule has 0 saturated carbocycles. The molecule has 0 spiro atoms. The van der Waals surface area contributed by atoms with E-state index in [1.165, 1.54) is 0 Å². The Labute approximate surface area is 101 Å². The highest BCUT2D eigenvalue weighted by molar-refractivity contribution is 4.87. The third-order valence-corrected chi connectivity index (χ3v) is 2.29. The average molecular weight is 243 g/mol. The third kappa shape index (κ3) is 5.25. The van der Waals surface area contributed by atoms with Crippen molar-refractivity contribution >= 4 is 0 Å². The largest absolute Gasteiger partial charge is 0.395 e. The number of rotatable bonds is 8. The zero-order chi connectivity index (χ0) is 12.7. The minimum absolute atomic E-state index is 0.0486. The first kappa shape index (κ1) is 14.1. The van der Waals surface area contributed by atoms with E-state index in [1.54, 1.807) is 0 Å². The van der Waals surface area contributed by atoms with E-state index in [2.05, 4.69) is 24.0 Å². The molecule has 98 valence electrons. The van der Waals surface area contributed by atoms with Gasteiger partial charge in [-0.05, 0) is 5.92 Å². The number of aromatic nitrogens is 2. The van der Waals surface area contributed by atoms with Gasteiger partial charge >= 0.3 is 0 Å². The molecule has 0 bridgehead atoms. The molecule has 0 aromatic carbocycles. The predicted octanol–water partition coefficient (Wildman–Crippen LogP) is 0.0547. The number of hydrogen-bond acceptors (Lipinski definition) is 6. The van der Waals surface area contributed by atoms with Crippen molar-refractivity contribution < 1.29 is 14.7 Å². The number of aliphatic hydroxyl groups is 2. The molecule has 17 heavy (non-hydrogen) atoms. The van der Waals surface area contributed by atoms with Gasteiger partial charge in [-0.3, -0.25) is 4.90 Å². The first-order valence-corrected chi connectivity index (χ1v) is 5.91. The Morgan fingerprint density at radius 1 is 1.24 bits per heavy atom. The van der Waals surface area contributed by atoms with Gasteiger partial charge in [-0.1, -0.05) is 19.0 Å². The van der Waals surface area contributed by atoms with E-state index in [0.29, 0.717) is 37.3 Å². The summed E-state index contributed by atoms with van der Waals surface area (Å²) in [5.41, 5.74) is 0. The fraction of sp³-hybridized carbons (Fsp3) is 0.818. The molecule has 6 nitrogen and oxygen atoms in total. The zero-order valence-electron chi connectivity index (χ0n) is 10.5. The lowest BCUT2D eigenvalue weighted by molar-refractivity contribution is 0.143. The Bertz CT molecular complexity index is 309. The van der Waals surface area contributed by atoms with Gasteiger partial charge in [0.15, 0.2) is 5.82 Å². The Balaban J connectivity index is 2.50. The summed E-state index contributed by atoms with van der Waals surface area (Å²) in [6.07, 6.45) is 0.795. The van der Waals surface area contributed by atoms with Crippen LogP contribution in [-0.4, -0.2) is 51.6 Å². The van der Waals surface area contributed by atoms with Crippen LogP contribution in [0.4, 0.5) is 0 Å². The van der Waals surface area contributed by atoms with Crippen molar-refractivity contribution in [2.24, 2.45) is 5.92 Å². The molecule has 6 heteroatoms. The van der Waals surface area contributed by atoms with Crippen molar-refractivity contribution in [3.8, 4) is 0 Å². The summed E-state index contributed by atoms with van der Waals surface area (Å²) in [4.78, 5) is 6.14. The van der Waals surface area contributed by atoms with Crippen LogP contribution >= 0.6 is 0 Å². The summed E-state index contributed by atoms with van der Waals surface area (Å²) >= 11 is 0. The first-order chi connectivity index (χ1) is 8.15. The Hall–Kier alpha value is -0.980. The van der Waals surface area contributed by atoms with Crippen molar-refractivity contribution in [3.63, 3.8) is 0 Å². The van der Waals surface area contributed by atoms with E-state index in [9.17, 15) is 0 Å². The van der Waals surface area contributed by atoms with Crippen LogP contribution in [-0.2, 0) is 13.0 Å². The van der Waals surface area contributed by atoms with Crippen molar-refractivity contribution in [2.45, 2.75) is 26.8 Å². The van der Waals surface area contributed by atoms with Crippen LogP contribution in [0, 0.1) is 5.92 Å². The van der Waals surface area contributed by atoms with Crippen molar-refractivity contribution in [3.05, 3.63) is 11.7 Å². The molecule has 0 aliphatic rings. The molecule has 0 amide bonds.